The molecule has 0 N–H and O–H groups in total. The molecule has 0 nitrogen and oxygen atoms in total. The Balaban J connectivity index is 0. The van der Waals surface area contributed by atoms with Crippen molar-refractivity contribution in [1.82, 2.24) is 0 Å². The van der Waals surface area contributed by atoms with E-state index in [0.29, 0.717) is 0 Å². The minimum absolute atomic E-state index is 0. The molecule has 0 radical (unpaired) electrons. The van der Waals surface area contributed by atoms with Crippen molar-refractivity contribution in [2.24, 2.45) is 0 Å². The van der Waals surface area contributed by atoms with Crippen LogP contribution in [0.4, 0.5) is 4.39 Å². The van der Waals surface area contributed by atoms with E-state index in [1.807, 2.05) is 0 Å². The summed E-state index contributed by atoms with van der Waals surface area (Å²) in [5, 5.41) is 0. The van der Waals surface area contributed by atoms with Gasteiger partial charge in [-0.1, -0.05) is 103 Å². The number of alkyl halides is 1. The Morgan fingerprint density at radius 1 is 0.450 bits per heavy atom. The van der Waals surface area contributed by atoms with Gasteiger partial charge in [0.15, 0.2) is 0 Å². The number of hydrogen-bond donors (Lipinski definition) is 0. The zero-order chi connectivity index (χ0) is 14.0. The fourth-order valence-electron chi connectivity index (χ4n) is 2.64. The van der Waals surface area contributed by atoms with Crippen LogP contribution in [0.2, 0.25) is 0 Å². The molecule has 0 aliphatic carbocycles. The van der Waals surface area contributed by atoms with Crippen LogP contribution in [-0.2, 0) is 0 Å². The zero-order valence-corrected chi connectivity index (χ0v) is 13.4. The van der Waals surface area contributed by atoms with Gasteiger partial charge in [-0.05, 0) is 6.42 Å². The molecule has 0 aromatic rings. The van der Waals surface area contributed by atoms with Crippen LogP contribution < -0.4 is 0 Å². The van der Waals surface area contributed by atoms with Crippen LogP contribution in [0, 0.1) is 0 Å². The fraction of sp³-hybridized carbons (Fsp3) is 1.00. The molecule has 20 heavy (non-hydrogen) atoms. The molecule has 0 aliphatic heterocycles. The molecule has 0 saturated heterocycles. The van der Waals surface area contributed by atoms with Crippen LogP contribution in [0.5, 0.6) is 0 Å². The van der Waals surface area contributed by atoms with Crippen molar-refractivity contribution in [2.45, 2.75) is 110 Å². The summed E-state index contributed by atoms with van der Waals surface area (Å²) >= 11 is 0. The van der Waals surface area contributed by atoms with E-state index in [0.717, 1.165) is 12.8 Å². The second kappa shape index (κ2) is 21.8. The van der Waals surface area contributed by atoms with Gasteiger partial charge in [0, 0.05) is 0 Å². The topological polar surface area (TPSA) is 0 Å². The van der Waals surface area contributed by atoms with Crippen molar-refractivity contribution >= 4 is 18.9 Å². The summed E-state index contributed by atoms with van der Waals surface area (Å²) < 4.78 is 11.9. The molecular formula is C18H38FLi. The summed E-state index contributed by atoms with van der Waals surface area (Å²) in [5.41, 5.74) is 0. The van der Waals surface area contributed by atoms with Crippen LogP contribution in [0.25, 0.3) is 0 Å². The molecule has 0 aliphatic rings. The van der Waals surface area contributed by atoms with Gasteiger partial charge in [0.2, 0.25) is 0 Å². The van der Waals surface area contributed by atoms with E-state index in [2.05, 4.69) is 6.92 Å². The normalized spacial score (nSPS) is 10.5. The fourth-order valence-corrected chi connectivity index (χ4v) is 2.64. The standard InChI is InChI=1S/C18H37F.Li.H/c1-2-3-4-5-6-7-8-9-10-11-12-13-14-15-16-17-18-19;;/h2-18H2,1H3;;. The van der Waals surface area contributed by atoms with E-state index in [9.17, 15) is 4.39 Å². The average molecular weight is 280 g/mol. The average Bonchev–Trinajstić information content (AvgIpc) is 2.43. The van der Waals surface area contributed by atoms with Crippen molar-refractivity contribution in [3.63, 3.8) is 0 Å². The molecule has 0 heterocycles. The van der Waals surface area contributed by atoms with Crippen LogP contribution in [0.3, 0.4) is 0 Å². The Morgan fingerprint density at radius 3 is 0.950 bits per heavy atom. The van der Waals surface area contributed by atoms with Crippen molar-refractivity contribution in [3.8, 4) is 0 Å². The summed E-state index contributed by atoms with van der Waals surface area (Å²) in [4.78, 5) is 0. The predicted octanol–water partition coefficient (Wildman–Crippen LogP) is 6.57. The van der Waals surface area contributed by atoms with Crippen molar-refractivity contribution in [1.29, 1.82) is 0 Å². The summed E-state index contributed by atoms with van der Waals surface area (Å²) in [7, 11) is 0. The SMILES string of the molecule is CCCCCCCCCCCCCCCCCCF.[LiH]. The summed E-state index contributed by atoms with van der Waals surface area (Å²) in [6.07, 6.45) is 21.5. The number of unbranched alkanes of at least 4 members (excludes halogenated alkanes) is 15. The van der Waals surface area contributed by atoms with E-state index < -0.39 is 0 Å². The Morgan fingerprint density at radius 2 is 0.700 bits per heavy atom. The van der Waals surface area contributed by atoms with Gasteiger partial charge in [0.25, 0.3) is 0 Å². The Labute approximate surface area is 139 Å². The third kappa shape index (κ3) is 20.8. The number of hydrogen-bond acceptors (Lipinski definition) is 0. The van der Waals surface area contributed by atoms with Gasteiger partial charge in [0.1, 0.15) is 0 Å². The van der Waals surface area contributed by atoms with Gasteiger partial charge < -0.3 is 0 Å². The van der Waals surface area contributed by atoms with Crippen molar-refractivity contribution < 1.29 is 4.39 Å². The first-order valence-electron chi connectivity index (χ1n) is 8.97. The van der Waals surface area contributed by atoms with Crippen molar-refractivity contribution in [3.05, 3.63) is 0 Å². The van der Waals surface area contributed by atoms with E-state index in [-0.39, 0.29) is 25.5 Å². The summed E-state index contributed by atoms with van der Waals surface area (Å²) in [6.45, 7) is 2.15. The Bertz CT molecular complexity index is 134. The van der Waals surface area contributed by atoms with Crippen LogP contribution in [-0.4, -0.2) is 25.5 Å². The third-order valence-electron chi connectivity index (χ3n) is 3.99. The number of halogens is 1. The Kier molecular flexibility index (Phi) is 24.9. The first kappa shape index (κ1) is 22.8. The molecular weight excluding hydrogens is 242 g/mol. The maximum absolute atomic E-state index is 11.9. The first-order valence-corrected chi connectivity index (χ1v) is 8.97. The molecule has 0 spiro atoms. The molecule has 0 amide bonds. The second-order valence-electron chi connectivity index (χ2n) is 5.99. The van der Waals surface area contributed by atoms with E-state index in [1.54, 1.807) is 0 Å². The molecule has 2 heteroatoms. The quantitative estimate of drug-likeness (QED) is 0.221. The van der Waals surface area contributed by atoms with Crippen LogP contribution in [0.15, 0.2) is 0 Å². The number of rotatable bonds is 16. The summed E-state index contributed by atoms with van der Waals surface area (Å²) in [5.74, 6) is 0. The molecule has 0 rings (SSSR count). The molecule has 0 saturated carbocycles. The van der Waals surface area contributed by atoms with Crippen LogP contribution >= 0.6 is 0 Å². The van der Waals surface area contributed by atoms with Gasteiger partial charge in [-0.25, -0.2) is 0 Å². The molecule has 0 aromatic heterocycles. The Hall–Kier alpha value is 0.527. The van der Waals surface area contributed by atoms with Crippen LogP contribution in [0.1, 0.15) is 110 Å². The maximum atomic E-state index is 11.9. The minimum atomic E-state index is -0.127. The molecule has 0 bridgehead atoms. The van der Waals surface area contributed by atoms with E-state index >= 15 is 0 Å². The van der Waals surface area contributed by atoms with E-state index in [1.165, 1.54) is 89.9 Å². The van der Waals surface area contributed by atoms with E-state index in [4.69, 9.17) is 0 Å². The van der Waals surface area contributed by atoms with Gasteiger partial charge in [-0.3, -0.25) is 4.39 Å². The van der Waals surface area contributed by atoms with Gasteiger partial charge in [0.05, 0.1) is 6.67 Å². The van der Waals surface area contributed by atoms with Crippen molar-refractivity contribution in [2.75, 3.05) is 6.67 Å². The summed E-state index contributed by atoms with van der Waals surface area (Å²) in [6, 6.07) is 0. The monoisotopic (exact) mass is 280 g/mol. The molecule has 0 unspecified atom stereocenters. The molecule has 0 atom stereocenters. The second-order valence-corrected chi connectivity index (χ2v) is 5.99. The van der Waals surface area contributed by atoms with Gasteiger partial charge in [-0.15, -0.1) is 0 Å². The zero-order valence-electron chi connectivity index (χ0n) is 13.4. The van der Waals surface area contributed by atoms with Gasteiger partial charge in [-0.2, -0.15) is 0 Å². The first-order chi connectivity index (χ1) is 9.41. The molecule has 0 aromatic carbocycles. The predicted molar refractivity (Wildman–Crippen MR) is 92.7 cm³/mol. The molecule has 118 valence electrons. The molecule has 0 fully saturated rings. The van der Waals surface area contributed by atoms with Gasteiger partial charge >= 0.3 is 18.9 Å². The third-order valence-corrected chi connectivity index (χ3v) is 3.99.